The van der Waals surface area contributed by atoms with Crippen LogP contribution in [0.4, 0.5) is 14.6 Å². The van der Waals surface area contributed by atoms with Crippen LogP contribution in [-0.4, -0.2) is 50.7 Å². The highest BCUT2D eigenvalue weighted by Crippen LogP contribution is 2.37. The van der Waals surface area contributed by atoms with Crippen molar-refractivity contribution < 1.29 is 13.6 Å². The summed E-state index contributed by atoms with van der Waals surface area (Å²) in [5.74, 6) is -3.55. The monoisotopic (exact) mass is 467 g/mol. The van der Waals surface area contributed by atoms with Crippen LogP contribution in [0.15, 0.2) is 36.7 Å². The summed E-state index contributed by atoms with van der Waals surface area (Å²) in [5.41, 5.74) is 10.5. The average Bonchev–Trinajstić information content (AvgIpc) is 3.28. The Hall–Kier alpha value is -3.40. The maximum absolute atomic E-state index is 13.7. The van der Waals surface area contributed by atoms with E-state index in [4.69, 9.17) is 5.73 Å². The molecule has 0 saturated carbocycles. The molecule has 8 nitrogen and oxygen atoms in total. The molecule has 5 rings (SSSR count). The Labute approximate surface area is 196 Å². The minimum absolute atomic E-state index is 0.0513. The maximum atomic E-state index is 13.7. The molecular weight excluding hydrogens is 440 g/mol. The third-order valence-corrected chi connectivity index (χ3v) is 6.31. The Morgan fingerprint density at radius 3 is 2.85 bits per heavy atom. The summed E-state index contributed by atoms with van der Waals surface area (Å²) in [4.78, 5) is 21.4. The number of anilines is 1. The lowest BCUT2D eigenvalue weighted by atomic mass is 9.89. The minimum atomic E-state index is -2.88. The van der Waals surface area contributed by atoms with Gasteiger partial charge in [0.1, 0.15) is 0 Å². The highest BCUT2D eigenvalue weighted by molar-refractivity contribution is 5.97. The number of fused-ring (bicyclic) bond motifs is 1. The third-order valence-electron chi connectivity index (χ3n) is 6.31. The molecule has 34 heavy (non-hydrogen) atoms. The summed E-state index contributed by atoms with van der Waals surface area (Å²) >= 11 is 0. The summed E-state index contributed by atoms with van der Waals surface area (Å²) in [6, 6.07) is 7.07. The Morgan fingerprint density at radius 2 is 2.06 bits per heavy atom. The van der Waals surface area contributed by atoms with Crippen molar-refractivity contribution in [2.75, 3.05) is 18.8 Å². The number of alkyl halides is 2. The highest BCUT2D eigenvalue weighted by atomic mass is 19.3. The van der Waals surface area contributed by atoms with Gasteiger partial charge in [-0.2, -0.15) is 5.10 Å². The normalized spacial score (nSPS) is 20.6. The van der Waals surface area contributed by atoms with Crippen LogP contribution in [-0.2, 0) is 13.0 Å². The fraction of sp³-hybridized carbons (Fsp3) is 0.417. The van der Waals surface area contributed by atoms with Gasteiger partial charge in [0.2, 0.25) is 0 Å². The van der Waals surface area contributed by atoms with E-state index in [9.17, 15) is 13.6 Å². The fourth-order valence-electron chi connectivity index (χ4n) is 4.73. The number of piperidine rings is 1. The lowest BCUT2D eigenvalue weighted by Gasteiger charge is -2.30. The van der Waals surface area contributed by atoms with Crippen molar-refractivity contribution in [1.82, 2.24) is 30.4 Å². The molecule has 1 amide bonds. The van der Waals surface area contributed by atoms with E-state index in [0.29, 0.717) is 5.69 Å². The number of nitrogens with two attached hydrogens (primary N) is 1. The van der Waals surface area contributed by atoms with E-state index in [1.807, 2.05) is 30.5 Å². The van der Waals surface area contributed by atoms with Crippen molar-refractivity contribution >= 4 is 11.7 Å². The topological polar surface area (TPSA) is 111 Å². The SMILES string of the molecule is CC1(C)Cc2c(-c3cccc(-c4cnc(N)c(C(=O)NC5CNCC(F)(F)C5)n4)c3)cnn2C1. The zero-order valence-corrected chi connectivity index (χ0v) is 19.1. The second-order valence-electron chi connectivity index (χ2n) is 9.93. The van der Waals surface area contributed by atoms with Crippen molar-refractivity contribution in [2.45, 2.75) is 45.2 Å². The van der Waals surface area contributed by atoms with E-state index in [0.717, 1.165) is 29.7 Å². The number of nitrogens with one attached hydrogen (secondary N) is 2. The number of benzene rings is 1. The first-order chi connectivity index (χ1) is 16.1. The van der Waals surface area contributed by atoms with E-state index in [1.54, 1.807) is 0 Å². The Morgan fingerprint density at radius 1 is 1.26 bits per heavy atom. The third kappa shape index (κ3) is 4.37. The van der Waals surface area contributed by atoms with Crippen molar-refractivity contribution in [2.24, 2.45) is 5.41 Å². The number of halogens is 2. The number of aromatic nitrogens is 4. The molecule has 0 bridgehead atoms. The molecule has 1 saturated heterocycles. The molecule has 178 valence electrons. The quantitative estimate of drug-likeness (QED) is 0.544. The maximum Gasteiger partial charge on any atom is 0.274 e. The number of carbonyl (C=O) groups is 1. The largest absolute Gasteiger partial charge is 0.382 e. The Balaban J connectivity index is 1.41. The van der Waals surface area contributed by atoms with Gasteiger partial charge in [-0.05, 0) is 23.5 Å². The lowest BCUT2D eigenvalue weighted by Crippen LogP contribution is -2.53. The zero-order chi connectivity index (χ0) is 24.1. The molecule has 0 radical (unpaired) electrons. The van der Waals surface area contributed by atoms with E-state index >= 15 is 0 Å². The number of rotatable bonds is 4. The summed E-state index contributed by atoms with van der Waals surface area (Å²) in [6.07, 6.45) is 3.89. The first kappa shape index (κ1) is 22.4. The molecule has 1 atom stereocenters. The van der Waals surface area contributed by atoms with Gasteiger partial charge in [-0.25, -0.2) is 18.7 Å². The number of hydrogen-bond acceptors (Lipinski definition) is 6. The molecule has 4 N–H and O–H groups in total. The lowest BCUT2D eigenvalue weighted by molar-refractivity contribution is -0.0301. The Kier molecular flexibility index (Phi) is 5.35. The van der Waals surface area contributed by atoms with Crippen LogP contribution in [0.2, 0.25) is 0 Å². The van der Waals surface area contributed by atoms with Crippen LogP contribution in [0.25, 0.3) is 22.4 Å². The summed E-state index contributed by atoms with van der Waals surface area (Å²) < 4.78 is 29.4. The van der Waals surface area contributed by atoms with Crippen LogP contribution in [0.5, 0.6) is 0 Å². The Bertz CT molecular complexity index is 1250. The first-order valence-electron chi connectivity index (χ1n) is 11.3. The highest BCUT2D eigenvalue weighted by Gasteiger charge is 2.37. The molecule has 0 aliphatic carbocycles. The second kappa shape index (κ2) is 8.12. The molecule has 2 aliphatic rings. The van der Waals surface area contributed by atoms with E-state index < -0.39 is 30.8 Å². The van der Waals surface area contributed by atoms with Crippen LogP contribution in [0.3, 0.4) is 0 Å². The van der Waals surface area contributed by atoms with Gasteiger partial charge in [-0.1, -0.05) is 32.0 Å². The van der Waals surface area contributed by atoms with Crippen LogP contribution in [0.1, 0.15) is 36.5 Å². The summed E-state index contributed by atoms with van der Waals surface area (Å²) in [5, 5.41) is 9.79. The van der Waals surface area contributed by atoms with Gasteiger partial charge in [-0.3, -0.25) is 9.48 Å². The molecule has 2 aromatic heterocycles. The number of carbonyl (C=O) groups excluding carboxylic acids is 1. The number of hydrogen-bond donors (Lipinski definition) is 3. The number of nitrogens with zero attached hydrogens (tertiary/aromatic N) is 4. The van der Waals surface area contributed by atoms with Gasteiger partial charge >= 0.3 is 0 Å². The van der Waals surface area contributed by atoms with Gasteiger partial charge in [0, 0.05) is 42.4 Å². The predicted molar refractivity (Wildman–Crippen MR) is 124 cm³/mol. The first-order valence-corrected chi connectivity index (χ1v) is 11.3. The van der Waals surface area contributed by atoms with Crippen molar-refractivity contribution in [3.63, 3.8) is 0 Å². The second-order valence-corrected chi connectivity index (χ2v) is 9.93. The van der Waals surface area contributed by atoms with Crippen molar-refractivity contribution in [3.8, 4) is 22.4 Å². The standard InChI is InChI=1S/C24H27F2N7O/c1-23(2)8-19-17(10-30-33(19)13-23)14-4-3-5-15(6-14)18-11-29-21(27)20(32-18)22(34)31-16-7-24(25,26)12-28-9-16/h3-6,10-11,16,28H,7-9,12-13H2,1-2H3,(H2,27,29)(H,31,34). The van der Waals surface area contributed by atoms with E-state index in [2.05, 4.69) is 44.2 Å². The predicted octanol–water partition coefficient (Wildman–Crippen LogP) is 2.90. The average molecular weight is 468 g/mol. The summed E-state index contributed by atoms with van der Waals surface area (Å²) in [6.45, 7) is 5.19. The molecule has 2 aliphatic heterocycles. The number of nitrogen functional groups attached to an aromatic ring is 1. The van der Waals surface area contributed by atoms with Gasteiger partial charge in [-0.15, -0.1) is 0 Å². The fourth-order valence-corrected chi connectivity index (χ4v) is 4.73. The zero-order valence-electron chi connectivity index (χ0n) is 19.1. The molecule has 3 aromatic rings. The van der Waals surface area contributed by atoms with Gasteiger partial charge < -0.3 is 16.4 Å². The van der Waals surface area contributed by atoms with Crippen LogP contribution < -0.4 is 16.4 Å². The molecule has 1 unspecified atom stereocenters. The molecule has 1 fully saturated rings. The van der Waals surface area contributed by atoms with E-state index in [1.165, 1.54) is 11.9 Å². The van der Waals surface area contributed by atoms with Crippen molar-refractivity contribution in [1.29, 1.82) is 0 Å². The van der Waals surface area contributed by atoms with Crippen molar-refractivity contribution in [3.05, 3.63) is 48.0 Å². The molecule has 10 heteroatoms. The summed E-state index contributed by atoms with van der Waals surface area (Å²) in [7, 11) is 0. The van der Waals surface area contributed by atoms with Crippen LogP contribution >= 0.6 is 0 Å². The van der Waals surface area contributed by atoms with E-state index in [-0.39, 0.29) is 23.5 Å². The van der Waals surface area contributed by atoms with Gasteiger partial charge in [0.25, 0.3) is 11.8 Å². The molecule has 4 heterocycles. The van der Waals surface area contributed by atoms with Gasteiger partial charge in [0.15, 0.2) is 11.5 Å². The number of amides is 1. The molecule has 1 aromatic carbocycles. The van der Waals surface area contributed by atoms with Gasteiger partial charge in [0.05, 0.1) is 24.6 Å². The molecular formula is C24H27F2N7O. The van der Waals surface area contributed by atoms with Crippen LogP contribution in [0, 0.1) is 5.41 Å². The molecule has 0 spiro atoms. The minimum Gasteiger partial charge on any atom is -0.382 e. The smallest absolute Gasteiger partial charge is 0.274 e.